The van der Waals surface area contributed by atoms with Gasteiger partial charge in [0.05, 0.1) is 17.5 Å². The maximum Gasteiger partial charge on any atom is 0.133 e. The predicted molar refractivity (Wildman–Crippen MR) is 62.9 cm³/mol. The third-order valence-corrected chi connectivity index (χ3v) is 2.72. The first kappa shape index (κ1) is 12.6. The lowest BCUT2D eigenvalue weighted by Gasteiger charge is -2.11. The lowest BCUT2D eigenvalue weighted by Crippen LogP contribution is -2.18. The molecule has 0 heterocycles. The highest BCUT2D eigenvalue weighted by atomic mass is 79.9. The van der Waals surface area contributed by atoms with Crippen molar-refractivity contribution >= 4 is 27.5 Å². The number of hydrogen-bond donors (Lipinski definition) is 1. The van der Waals surface area contributed by atoms with Crippen molar-refractivity contribution in [3.8, 4) is 11.5 Å². The van der Waals surface area contributed by atoms with Crippen molar-refractivity contribution in [1.82, 2.24) is 0 Å². The van der Waals surface area contributed by atoms with Crippen LogP contribution in [0.1, 0.15) is 0 Å². The van der Waals surface area contributed by atoms with Gasteiger partial charge in [0.25, 0.3) is 0 Å². The molecule has 0 bridgehead atoms. The molecule has 0 aliphatic rings. The minimum atomic E-state index is -0.652. The molecular formula is C10H12BrClO3. The highest BCUT2D eigenvalue weighted by Gasteiger charge is 2.06. The van der Waals surface area contributed by atoms with Crippen molar-refractivity contribution in [3.63, 3.8) is 0 Å². The Morgan fingerprint density at radius 2 is 2.27 bits per heavy atom. The van der Waals surface area contributed by atoms with Gasteiger partial charge in [0, 0.05) is 0 Å². The summed E-state index contributed by atoms with van der Waals surface area (Å²) in [7, 11) is 1.60. The maximum atomic E-state index is 9.21. The Morgan fingerprint density at radius 3 is 2.80 bits per heavy atom. The number of rotatable bonds is 5. The molecule has 0 fully saturated rings. The first-order valence-electron chi connectivity index (χ1n) is 4.37. The SMILES string of the molecule is COc1ccc(OCC(O)CCl)c(Br)c1. The van der Waals surface area contributed by atoms with Gasteiger partial charge in [-0.15, -0.1) is 11.6 Å². The summed E-state index contributed by atoms with van der Waals surface area (Å²) < 4.78 is 11.2. The Kier molecular flexibility index (Phi) is 5.22. The number of aliphatic hydroxyl groups excluding tert-OH is 1. The van der Waals surface area contributed by atoms with Gasteiger partial charge in [0.1, 0.15) is 24.2 Å². The standard InChI is InChI=1S/C10H12BrClO3/c1-14-8-2-3-10(9(11)4-8)15-6-7(13)5-12/h2-4,7,13H,5-6H2,1H3. The summed E-state index contributed by atoms with van der Waals surface area (Å²) in [5.41, 5.74) is 0. The Balaban J connectivity index is 2.62. The van der Waals surface area contributed by atoms with Crippen LogP contribution in [-0.4, -0.2) is 30.8 Å². The van der Waals surface area contributed by atoms with E-state index in [1.165, 1.54) is 0 Å². The molecule has 0 amide bonds. The van der Waals surface area contributed by atoms with Crippen LogP contribution >= 0.6 is 27.5 Å². The molecular weight excluding hydrogens is 283 g/mol. The average Bonchev–Trinajstić information content (AvgIpc) is 2.26. The molecule has 0 aromatic heterocycles. The van der Waals surface area contributed by atoms with Crippen molar-refractivity contribution in [2.75, 3.05) is 19.6 Å². The summed E-state index contributed by atoms with van der Waals surface area (Å²) in [4.78, 5) is 0. The molecule has 1 N–H and O–H groups in total. The molecule has 1 atom stereocenters. The fourth-order valence-corrected chi connectivity index (χ4v) is 1.52. The molecule has 84 valence electrons. The second-order valence-corrected chi connectivity index (χ2v) is 4.08. The second kappa shape index (κ2) is 6.20. The number of methoxy groups -OCH3 is 1. The van der Waals surface area contributed by atoms with E-state index >= 15 is 0 Å². The molecule has 0 aliphatic heterocycles. The van der Waals surface area contributed by atoms with Crippen molar-refractivity contribution in [1.29, 1.82) is 0 Å². The van der Waals surface area contributed by atoms with Crippen LogP contribution in [0.2, 0.25) is 0 Å². The number of alkyl halides is 1. The topological polar surface area (TPSA) is 38.7 Å². The van der Waals surface area contributed by atoms with E-state index in [2.05, 4.69) is 15.9 Å². The van der Waals surface area contributed by atoms with Crippen LogP contribution in [0.3, 0.4) is 0 Å². The van der Waals surface area contributed by atoms with Crippen LogP contribution in [0.15, 0.2) is 22.7 Å². The fourth-order valence-electron chi connectivity index (χ4n) is 0.956. The van der Waals surface area contributed by atoms with E-state index in [4.69, 9.17) is 21.1 Å². The summed E-state index contributed by atoms with van der Waals surface area (Å²) in [6.45, 7) is 0.175. The predicted octanol–water partition coefficient (Wildman–Crippen LogP) is 2.44. The summed E-state index contributed by atoms with van der Waals surface area (Å²) in [5, 5.41) is 9.21. The van der Waals surface area contributed by atoms with Gasteiger partial charge >= 0.3 is 0 Å². The Hall–Kier alpha value is -0.450. The molecule has 1 aromatic rings. The summed E-state index contributed by atoms with van der Waals surface area (Å²) in [6.07, 6.45) is -0.652. The minimum absolute atomic E-state index is 0.160. The van der Waals surface area contributed by atoms with Crippen LogP contribution in [0, 0.1) is 0 Å². The van der Waals surface area contributed by atoms with Crippen LogP contribution in [0.4, 0.5) is 0 Å². The summed E-state index contributed by atoms with van der Waals surface area (Å²) in [6, 6.07) is 5.35. The molecule has 0 aliphatic carbocycles. The van der Waals surface area contributed by atoms with E-state index in [1.54, 1.807) is 25.3 Å². The zero-order valence-electron chi connectivity index (χ0n) is 8.24. The van der Waals surface area contributed by atoms with Gasteiger partial charge < -0.3 is 14.6 Å². The van der Waals surface area contributed by atoms with E-state index in [9.17, 15) is 5.11 Å². The van der Waals surface area contributed by atoms with Gasteiger partial charge in [-0.05, 0) is 34.1 Å². The van der Waals surface area contributed by atoms with Crippen molar-refractivity contribution < 1.29 is 14.6 Å². The van der Waals surface area contributed by atoms with Crippen molar-refractivity contribution in [3.05, 3.63) is 22.7 Å². The summed E-state index contributed by atoms with van der Waals surface area (Å²) in [5.74, 6) is 1.56. The Labute approximate surface area is 102 Å². The normalized spacial score (nSPS) is 12.3. The van der Waals surface area contributed by atoms with Gasteiger partial charge in [-0.2, -0.15) is 0 Å². The highest BCUT2D eigenvalue weighted by molar-refractivity contribution is 9.10. The molecule has 0 saturated heterocycles. The van der Waals surface area contributed by atoms with E-state index in [0.717, 1.165) is 10.2 Å². The second-order valence-electron chi connectivity index (χ2n) is 2.92. The Morgan fingerprint density at radius 1 is 1.53 bits per heavy atom. The zero-order valence-corrected chi connectivity index (χ0v) is 10.6. The summed E-state index contributed by atoms with van der Waals surface area (Å²) >= 11 is 8.78. The molecule has 5 heteroatoms. The number of benzene rings is 1. The monoisotopic (exact) mass is 294 g/mol. The van der Waals surface area contributed by atoms with Crippen molar-refractivity contribution in [2.24, 2.45) is 0 Å². The lowest BCUT2D eigenvalue weighted by molar-refractivity contribution is 0.125. The average molecular weight is 296 g/mol. The third-order valence-electron chi connectivity index (χ3n) is 1.75. The van der Waals surface area contributed by atoms with Gasteiger partial charge in [-0.25, -0.2) is 0 Å². The molecule has 1 rings (SSSR count). The van der Waals surface area contributed by atoms with Crippen LogP contribution < -0.4 is 9.47 Å². The number of halogens is 2. The lowest BCUT2D eigenvalue weighted by atomic mass is 10.3. The molecule has 3 nitrogen and oxygen atoms in total. The van der Waals surface area contributed by atoms with Gasteiger partial charge in [0.15, 0.2) is 0 Å². The van der Waals surface area contributed by atoms with Gasteiger partial charge in [0.2, 0.25) is 0 Å². The van der Waals surface area contributed by atoms with Crippen LogP contribution in [-0.2, 0) is 0 Å². The van der Waals surface area contributed by atoms with Crippen molar-refractivity contribution in [2.45, 2.75) is 6.10 Å². The van der Waals surface area contributed by atoms with E-state index in [0.29, 0.717) is 5.75 Å². The molecule has 15 heavy (non-hydrogen) atoms. The first-order valence-corrected chi connectivity index (χ1v) is 5.70. The van der Waals surface area contributed by atoms with E-state index in [-0.39, 0.29) is 12.5 Å². The fraction of sp³-hybridized carbons (Fsp3) is 0.400. The maximum absolute atomic E-state index is 9.21. The van der Waals surface area contributed by atoms with Crippen LogP contribution in [0.5, 0.6) is 11.5 Å². The number of hydrogen-bond acceptors (Lipinski definition) is 3. The number of ether oxygens (including phenoxy) is 2. The Bertz CT molecular complexity index is 320. The first-order chi connectivity index (χ1) is 7.17. The van der Waals surface area contributed by atoms with Gasteiger partial charge in [-0.3, -0.25) is 0 Å². The third kappa shape index (κ3) is 3.89. The molecule has 0 spiro atoms. The number of aliphatic hydroxyl groups is 1. The van der Waals surface area contributed by atoms with Crippen LogP contribution in [0.25, 0.3) is 0 Å². The largest absolute Gasteiger partial charge is 0.497 e. The van der Waals surface area contributed by atoms with Gasteiger partial charge in [-0.1, -0.05) is 0 Å². The zero-order chi connectivity index (χ0) is 11.3. The van der Waals surface area contributed by atoms with E-state index < -0.39 is 6.10 Å². The smallest absolute Gasteiger partial charge is 0.133 e. The highest BCUT2D eigenvalue weighted by Crippen LogP contribution is 2.29. The molecule has 0 saturated carbocycles. The molecule has 1 aromatic carbocycles. The van der Waals surface area contributed by atoms with E-state index in [1.807, 2.05) is 0 Å². The quantitative estimate of drug-likeness (QED) is 0.848. The molecule has 0 radical (unpaired) electrons. The molecule has 1 unspecified atom stereocenters. The minimum Gasteiger partial charge on any atom is -0.497 e.